The molecule has 1 fully saturated rings. The van der Waals surface area contributed by atoms with Crippen LogP contribution in [-0.4, -0.2) is 47.2 Å². The molecule has 2 aromatic heterocycles. The number of likely N-dealkylation sites (tertiary alicyclic amines) is 1. The number of carbonyl (C=O) groups is 1. The molecule has 3 heterocycles. The van der Waals surface area contributed by atoms with E-state index in [0.29, 0.717) is 13.1 Å². The summed E-state index contributed by atoms with van der Waals surface area (Å²) in [6.07, 6.45) is 3.58. The van der Waals surface area contributed by atoms with Gasteiger partial charge in [-0.1, -0.05) is 5.16 Å². The Labute approximate surface area is 147 Å². The fourth-order valence-corrected chi connectivity index (χ4v) is 3.26. The quantitative estimate of drug-likeness (QED) is 0.901. The third kappa shape index (κ3) is 4.22. The molecule has 0 radical (unpaired) electrons. The van der Waals surface area contributed by atoms with E-state index in [9.17, 15) is 4.79 Å². The van der Waals surface area contributed by atoms with E-state index in [2.05, 4.69) is 22.4 Å². The Morgan fingerprint density at radius 2 is 2.16 bits per heavy atom. The first kappa shape index (κ1) is 17.5. The third-order valence-corrected chi connectivity index (χ3v) is 4.89. The van der Waals surface area contributed by atoms with Gasteiger partial charge < -0.3 is 24.1 Å². The molecule has 1 aliphatic rings. The third-order valence-electron chi connectivity index (χ3n) is 4.89. The first-order valence-corrected chi connectivity index (χ1v) is 8.71. The second-order valence-corrected chi connectivity index (χ2v) is 6.70. The summed E-state index contributed by atoms with van der Waals surface area (Å²) >= 11 is 0. The molecule has 1 aliphatic heterocycles. The monoisotopic (exact) mass is 346 g/mol. The van der Waals surface area contributed by atoms with E-state index in [-0.39, 0.29) is 12.1 Å². The largest absolute Gasteiger partial charge is 0.467 e. The van der Waals surface area contributed by atoms with Crippen LogP contribution in [0, 0.1) is 13.8 Å². The minimum atomic E-state index is -0.0778. The van der Waals surface area contributed by atoms with Crippen LogP contribution >= 0.6 is 0 Å². The number of urea groups is 1. The zero-order chi connectivity index (χ0) is 17.8. The minimum Gasteiger partial charge on any atom is -0.467 e. The lowest BCUT2D eigenvalue weighted by molar-refractivity contribution is 0.122. The molecule has 0 aliphatic carbocycles. The van der Waals surface area contributed by atoms with Crippen molar-refractivity contribution in [1.29, 1.82) is 0 Å². The van der Waals surface area contributed by atoms with E-state index in [0.717, 1.165) is 48.7 Å². The van der Waals surface area contributed by atoms with Crippen molar-refractivity contribution in [3.8, 4) is 0 Å². The SMILES string of the molecule is Cc1noc(C)c1CNC(=O)N(Cc1ccco1)C1CCN(C)CC1. The zero-order valence-corrected chi connectivity index (χ0v) is 15.1. The lowest BCUT2D eigenvalue weighted by atomic mass is 10.0. The highest BCUT2D eigenvalue weighted by Gasteiger charge is 2.28. The molecule has 7 nitrogen and oxygen atoms in total. The molecule has 1 saturated heterocycles. The maximum atomic E-state index is 12.9. The fourth-order valence-electron chi connectivity index (χ4n) is 3.26. The highest BCUT2D eigenvalue weighted by atomic mass is 16.5. The Kier molecular flexibility index (Phi) is 5.43. The van der Waals surface area contributed by atoms with Crippen molar-refractivity contribution in [2.24, 2.45) is 0 Å². The predicted molar refractivity (Wildman–Crippen MR) is 93.0 cm³/mol. The van der Waals surface area contributed by atoms with Gasteiger partial charge in [0.15, 0.2) is 0 Å². The standard InChI is InChI=1S/C18H26N4O3/c1-13-17(14(2)25-20-13)11-19-18(23)22(12-16-5-4-10-24-16)15-6-8-21(3)9-7-15/h4-5,10,15H,6-9,11-12H2,1-3H3,(H,19,23). The highest BCUT2D eigenvalue weighted by molar-refractivity contribution is 5.74. The van der Waals surface area contributed by atoms with Crippen LogP contribution in [0.15, 0.2) is 27.3 Å². The summed E-state index contributed by atoms with van der Waals surface area (Å²) in [4.78, 5) is 17.1. The molecule has 2 amide bonds. The second kappa shape index (κ2) is 7.74. The van der Waals surface area contributed by atoms with Crippen LogP contribution in [0.1, 0.15) is 35.6 Å². The molecule has 3 rings (SSSR count). The van der Waals surface area contributed by atoms with Crippen LogP contribution in [0.4, 0.5) is 4.79 Å². The molecule has 0 saturated carbocycles. The average molecular weight is 346 g/mol. The number of rotatable bonds is 5. The van der Waals surface area contributed by atoms with Gasteiger partial charge in [-0.3, -0.25) is 0 Å². The summed E-state index contributed by atoms with van der Waals surface area (Å²) in [6, 6.07) is 3.89. The Hall–Kier alpha value is -2.28. The number of furan rings is 1. The summed E-state index contributed by atoms with van der Waals surface area (Å²) in [5.41, 5.74) is 1.75. The van der Waals surface area contributed by atoms with Crippen LogP contribution in [0.25, 0.3) is 0 Å². The highest BCUT2D eigenvalue weighted by Crippen LogP contribution is 2.19. The molecule has 0 aromatic carbocycles. The molecule has 7 heteroatoms. The van der Waals surface area contributed by atoms with Gasteiger partial charge in [0.1, 0.15) is 11.5 Å². The number of piperidine rings is 1. The Bertz CT molecular complexity index is 668. The smallest absolute Gasteiger partial charge is 0.318 e. The van der Waals surface area contributed by atoms with Crippen LogP contribution in [0.3, 0.4) is 0 Å². The van der Waals surface area contributed by atoms with Gasteiger partial charge >= 0.3 is 6.03 Å². The summed E-state index contributed by atoms with van der Waals surface area (Å²) in [7, 11) is 2.12. The van der Waals surface area contributed by atoms with Gasteiger partial charge in [0.2, 0.25) is 0 Å². The van der Waals surface area contributed by atoms with E-state index >= 15 is 0 Å². The van der Waals surface area contributed by atoms with Gasteiger partial charge in [0, 0.05) is 18.2 Å². The Morgan fingerprint density at radius 1 is 1.40 bits per heavy atom. The molecule has 1 N–H and O–H groups in total. The van der Waals surface area contributed by atoms with Crippen LogP contribution in [0.5, 0.6) is 0 Å². The summed E-state index contributed by atoms with van der Waals surface area (Å²) in [6.45, 7) is 6.64. The first-order valence-electron chi connectivity index (χ1n) is 8.71. The summed E-state index contributed by atoms with van der Waals surface area (Å²) < 4.78 is 10.6. The van der Waals surface area contributed by atoms with Crippen molar-refractivity contribution in [3.05, 3.63) is 41.2 Å². The van der Waals surface area contributed by atoms with Gasteiger partial charge in [0.25, 0.3) is 0 Å². The van der Waals surface area contributed by atoms with Crippen molar-refractivity contribution in [3.63, 3.8) is 0 Å². The lowest BCUT2D eigenvalue weighted by Gasteiger charge is -2.36. The fraction of sp³-hybridized carbons (Fsp3) is 0.556. The van der Waals surface area contributed by atoms with E-state index < -0.39 is 0 Å². The maximum Gasteiger partial charge on any atom is 0.318 e. The van der Waals surface area contributed by atoms with Crippen LogP contribution in [0.2, 0.25) is 0 Å². The molecule has 136 valence electrons. The Morgan fingerprint density at radius 3 is 2.76 bits per heavy atom. The second-order valence-electron chi connectivity index (χ2n) is 6.70. The zero-order valence-electron chi connectivity index (χ0n) is 15.1. The van der Waals surface area contributed by atoms with Crippen molar-refractivity contribution in [2.45, 2.75) is 45.8 Å². The Balaban J connectivity index is 1.68. The molecule has 0 spiro atoms. The number of aromatic nitrogens is 1. The van der Waals surface area contributed by atoms with Crippen molar-refractivity contribution in [1.82, 2.24) is 20.3 Å². The molecular formula is C18H26N4O3. The molecule has 0 bridgehead atoms. The van der Waals surface area contributed by atoms with Crippen molar-refractivity contribution >= 4 is 6.03 Å². The molecule has 0 unspecified atom stereocenters. The molecule has 2 aromatic rings. The topological polar surface area (TPSA) is 74.8 Å². The lowest BCUT2D eigenvalue weighted by Crippen LogP contribution is -2.49. The van der Waals surface area contributed by atoms with Gasteiger partial charge in [-0.2, -0.15) is 0 Å². The number of hydrogen-bond donors (Lipinski definition) is 1. The molecular weight excluding hydrogens is 320 g/mol. The molecule has 25 heavy (non-hydrogen) atoms. The van der Waals surface area contributed by atoms with Crippen LogP contribution in [-0.2, 0) is 13.1 Å². The summed E-state index contributed by atoms with van der Waals surface area (Å²) in [5, 5.41) is 6.96. The first-order chi connectivity index (χ1) is 12.0. The van der Waals surface area contributed by atoms with Gasteiger partial charge in [0.05, 0.1) is 18.5 Å². The minimum absolute atomic E-state index is 0.0778. The number of nitrogens with zero attached hydrogens (tertiary/aromatic N) is 3. The van der Waals surface area contributed by atoms with Crippen molar-refractivity contribution < 1.29 is 13.7 Å². The number of amides is 2. The van der Waals surface area contributed by atoms with E-state index in [4.69, 9.17) is 8.94 Å². The van der Waals surface area contributed by atoms with Gasteiger partial charge in [-0.05, 0) is 59.0 Å². The number of carbonyl (C=O) groups excluding carboxylic acids is 1. The predicted octanol–water partition coefficient (Wildman–Crippen LogP) is 2.69. The molecule has 0 atom stereocenters. The number of hydrogen-bond acceptors (Lipinski definition) is 5. The number of nitrogens with one attached hydrogen (secondary N) is 1. The van der Waals surface area contributed by atoms with Gasteiger partial charge in [-0.25, -0.2) is 4.79 Å². The van der Waals surface area contributed by atoms with Gasteiger partial charge in [-0.15, -0.1) is 0 Å². The van der Waals surface area contributed by atoms with E-state index in [1.165, 1.54) is 0 Å². The normalized spacial score (nSPS) is 16.1. The summed E-state index contributed by atoms with van der Waals surface area (Å²) in [5.74, 6) is 1.54. The van der Waals surface area contributed by atoms with E-state index in [1.807, 2.05) is 30.9 Å². The van der Waals surface area contributed by atoms with Crippen LogP contribution < -0.4 is 5.32 Å². The maximum absolute atomic E-state index is 12.9. The average Bonchev–Trinajstić information content (AvgIpc) is 3.22. The number of aryl methyl sites for hydroxylation is 2. The van der Waals surface area contributed by atoms with Crippen molar-refractivity contribution in [2.75, 3.05) is 20.1 Å². The van der Waals surface area contributed by atoms with E-state index in [1.54, 1.807) is 6.26 Å².